The van der Waals surface area contributed by atoms with Crippen LogP contribution in [0.3, 0.4) is 0 Å². The highest BCUT2D eigenvalue weighted by molar-refractivity contribution is 5.76. The quantitative estimate of drug-likeness (QED) is 0.815. The van der Waals surface area contributed by atoms with Crippen LogP contribution >= 0.6 is 0 Å². The van der Waals surface area contributed by atoms with E-state index in [0.29, 0.717) is 18.9 Å². The molecule has 1 amide bonds. The zero-order valence-electron chi connectivity index (χ0n) is 10.7. The molecular weight excluding hydrogens is 228 g/mol. The van der Waals surface area contributed by atoms with E-state index in [9.17, 15) is 4.79 Å². The minimum Gasteiger partial charge on any atom is -0.354 e. The van der Waals surface area contributed by atoms with Crippen molar-refractivity contribution in [3.05, 3.63) is 18.7 Å². The Morgan fingerprint density at radius 3 is 3.00 bits per heavy atom. The van der Waals surface area contributed by atoms with E-state index in [1.54, 1.807) is 12.5 Å². The van der Waals surface area contributed by atoms with Crippen LogP contribution in [0.4, 0.5) is 0 Å². The second-order valence-corrected chi connectivity index (χ2v) is 5.06. The Hall–Kier alpha value is -1.36. The maximum Gasteiger partial charge on any atom is 0.220 e. The average molecular weight is 250 g/mol. The zero-order chi connectivity index (χ0) is 12.8. The number of hydrogen-bond donors (Lipinski definition) is 2. The van der Waals surface area contributed by atoms with Gasteiger partial charge in [0.05, 0.1) is 6.33 Å². The minimum atomic E-state index is 0.123. The van der Waals surface area contributed by atoms with Crippen LogP contribution in [-0.2, 0) is 11.3 Å². The fourth-order valence-corrected chi connectivity index (χ4v) is 2.54. The molecule has 1 heterocycles. The third-order valence-corrected chi connectivity index (χ3v) is 3.67. The molecule has 1 aliphatic carbocycles. The summed E-state index contributed by atoms with van der Waals surface area (Å²) in [5.41, 5.74) is 6.04. The van der Waals surface area contributed by atoms with Gasteiger partial charge in [0.1, 0.15) is 0 Å². The SMILES string of the molecule is NC1CCCCC1CC(=O)NCCn1ccnc1. The Bertz CT molecular complexity index is 363. The van der Waals surface area contributed by atoms with Crippen molar-refractivity contribution < 1.29 is 4.79 Å². The predicted molar refractivity (Wildman–Crippen MR) is 69.8 cm³/mol. The summed E-state index contributed by atoms with van der Waals surface area (Å²) in [6.45, 7) is 1.42. The van der Waals surface area contributed by atoms with Crippen LogP contribution < -0.4 is 11.1 Å². The molecule has 0 aromatic carbocycles. The highest BCUT2D eigenvalue weighted by atomic mass is 16.1. The molecule has 2 unspecified atom stereocenters. The van der Waals surface area contributed by atoms with Gasteiger partial charge in [-0.05, 0) is 18.8 Å². The molecule has 1 fully saturated rings. The van der Waals surface area contributed by atoms with Gasteiger partial charge in [-0.1, -0.05) is 12.8 Å². The van der Waals surface area contributed by atoms with E-state index in [-0.39, 0.29) is 11.9 Å². The maximum atomic E-state index is 11.8. The van der Waals surface area contributed by atoms with Gasteiger partial charge in [-0.15, -0.1) is 0 Å². The number of aromatic nitrogens is 2. The van der Waals surface area contributed by atoms with Crippen molar-refractivity contribution in [1.29, 1.82) is 0 Å². The largest absolute Gasteiger partial charge is 0.354 e. The molecule has 0 saturated heterocycles. The lowest BCUT2D eigenvalue weighted by molar-refractivity contribution is -0.122. The Labute approximate surface area is 108 Å². The number of amides is 1. The number of carbonyl (C=O) groups excluding carboxylic acids is 1. The standard InChI is InChI=1S/C13H22N4O/c14-12-4-2-1-3-11(12)9-13(18)16-6-8-17-7-5-15-10-17/h5,7,10-12H,1-4,6,8-9,14H2,(H,16,18). The average Bonchev–Trinajstić information content (AvgIpc) is 2.85. The van der Waals surface area contributed by atoms with Gasteiger partial charge < -0.3 is 15.6 Å². The molecule has 0 radical (unpaired) electrons. The van der Waals surface area contributed by atoms with E-state index in [2.05, 4.69) is 10.3 Å². The van der Waals surface area contributed by atoms with Crippen LogP contribution in [0.25, 0.3) is 0 Å². The lowest BCUT2D eigenvalue weighted by atomic mass is 9.83. The van der Waals surface area contributed by atoms with Crippen LogP contribution in [0.2, 0.25) is 0 Å². The van der Waals surface area contributed by atoms with Crippen LogP contribution in [0, 0.1) is 5.92 Å². The zero-order valence-corrected chi connectivity index (χ0v) is 10.7. The summed E-state index contributed by atoms with van der Waals surface area (Å²) in [5, 5.41) is 2.95. The van der Waals surface area contributed by atoms with E-state index in [0.717, 1.165) is 19.4 Å². The third kappa shape index (κ3) is 3.84. The molecule has 0 aliphatic heterocycles. The van der Waals surface area contributed by atoms with Crippen LogP contribution in [-0.4, -0.2) is 28.0 Å². The minimum absolute atomic E-state index is 0.123. The van der Waals surface area contributed by atoms with Crippen molar-refractivity contribution in [2.45, 2.75) is 44.7 Å². The fourth-order valence-electron chi connectivity index (χ4n) is 2.54. The molecule has 2 atom stereocenters. The Morgan fingerprint density at radius 1 is 1.44 bits per heavy atom. The van der Waals surface area contributed by atoms with Crippen molar-refractivity contribution in [3.8, 4) is 0 Å². The van der Waals surface area contributed by atoms with Crippen molar-refractivity contribution in [2.75, 3.05) is 6.54 Å². The molecule has 3 N–H and O–H groups in total. The van der Waals surface area contributed by atoms with E-state index in [1.165, 1.54) is 12.8 Å². The molecule has 1 saturated carbocycles. The van der Waals surface area contributed by atoms with Gasteiger partial charge in [0.25, 0.3) is 0 Å². The molecular formula is C13H22N4O. The number of nitrogens with zero attached hydrogens (tertiary/aromatic N) is 2. The molecule has 100 valence electrons. The van der Waals surface area contributed by atoms with Gasteiger partial charge >= 0.3 is 0 Å². The highest BCUT2D eigenvalue weighted by Crippen LogP contribution is 2.25. The molecule has 2 rings (SSSR count). The summed E-state index contributed by atoms with van der Waals surface area (Å²) in [6.07, 6.45) is 10.5. The molecule has 1 aliphatic rings. The summed E-state index contributed by atoms with van der Waals surface area (Å²) >= 11 is 0. The Morgan fingerprint density at radius 2 is 2.28 bits per heavy atom. The molecule has 18 heavy (non-hydrogen) atoms. The Balaban J connectivity index is 1.65. The Kier molecular flexibility index (Phi) is 4.75. The predicted octanol–water partition coefficient (Wildman–Crippen LogP) is 0.907. The van der Waals surface area contributed by atoms with Gasteiger partial charge in [0.2, 0.25) is 5.91 Å². The lowest BCUT2D eigenvalue weighted by Crippen LogP contribution is -2.37. The van der Waals surface area contributed by atoms with Gasteiger partial charge in [-0.3, -0.25) is 4.79 Å². The second kappa shape index (κ2) is 6.54. The molecule has 5 heteroatoms. The first-order chi connectivity index (χ1) is 8.75. The van der Waals surface area contributed by atoms with Crippen molar-refractivity contribution in [1.82, 2.24) is 14.9 Å². The van der Waals surface area contributed by atoms with E-state index in [1.807, 2.05) is 10.8 Å². The van der Waals surface area contributed by atoms with Gasteiger partial charge in [0, 0.05) is 37.9 Å². The van der Waals surface area contributed by atoms with Gasteiger partial charge in [-0.25, -0.2) is 4.98 Å². The normalized spacial score (nSPS) is 23.8. The smallest absolute Gasteiger partial charge is 0.220 e. The van der Waals surface area contributed by atoms with E-state index < -0.39 is 0 Å². The first-order valence-electron chi connectivity index (χ1n) is 6.73. The number of nitrogens with one attached hydrogen (secondary N) is 1. The second-order valence-electron chi connectivity index (χ2n) is 5.06. The molecule has 1 aromatic heterocycles. The van der Waals surface area contributed by atoms with Crippen molar-refractivity contribution in [3.63, 3.8) is 0 Å². The number of rotatable bonds is 5. The van der Waals surface area contributed by atoms with Crippen LogP contribution in [0.5, 0.6) is 0 Å². The molecule has 1 aromatic rings. The summed E-state index contributed by atoms with van der Waals surface area (Å²) in [6, 6.07) is 0.207. The number of nitrogens with two attached hydrogens (primary N) is 1. The highest BCUT2D eigenvalue weighted by Gasteiger charge is 2.23. The summed E-state index contributed by atoms with van der Waals surface area (Å²) in [4.78, 5) is 15.8. The van der Waals surface area contributed by atoms with E-state index in [4.69, 9.17) is 5.73 Å². The first kappa shape index (κ1) is 13.1. The van der Waals surface area contributed by atoms with Gasteiger partial charge in [-0.2, -0.15) is 0 Å². The van der Waals surface area contributed by atoms with Crippen molar-refractivity contribution in [2.24, 2.45) is 11.7 Å². The first-order valence-corrected chi connectivity index (χ1v) is 6.73. The lowest BCUT2D eigenvalue weighted by Gasteiger charge is -2.27. The summed E-state index contributed by atoms with van der Waals surface area (Å²) in [5.74, 6) is 0.490. The van der Waals surface area contributed by atoms with Crippen molar-refractivity contribution >= 4 is 5.91 Å². The fraction of sp³-hybridized carbons (Fsp3) is 0.692. The molecule has 0 bridgehead atoms. The van der Waals surface area contributed by atoms with Crippen LogP contribution in [0.15, 0.2) is 18.7 Å². The molecule has 5 nitrogen and oxygen atoms in total. The number of carbonyl (C=O) groups is 1. The monoisotopic (exact) mass is 250 g/mol. The topological polar surface area (TPSA) is 72.9 Å². The van der Waals surface area contributed by atoms with E-state index >= 15 is 0 Å². The summed E-state index contributed by atoms with van der Waals surface area (Å²) in [7, 11) is 0. The van der Waals surface area contributed by atoms with Crippen LogP contribution in [0.1, 0.15) is 32.1 Å². The molecule has 0 spiro atoms. The maximum absolute atomic E-state index is 11.8. The van der Waals surface area contributed by atoms with Gasteiger partial charge in [0.15, 0.2) is 0 Å². The number of hydrogen-bond acceptors (Lipinski definition) is 3. The number of imidazole rings is 1. The summed E-state index contributed by atoms with van der Waals surface area (Å²) < 4.78 is 1.95. The third-order valence-electron chi connectivity index (χ3n) is 3.67.